The van der Waals surface area contributed by atoms with E-state index in [-0.39, 0.29) is 19.3 Å². The molecule has 1 atom stereocenters. The Hall–Kier alpha value is -1.10. The van der Waals surface area contributed by atoms with E-state index in [1.807, 2.05) is 24.3 Å². The first-order valence-corrected chi connectivity index (χ1v) is 6.51. The SMILES string of the molecule is OCc1ccc(OCCC(CO)NC2CC2)cc1. The number of ether oxygens (including phenoxy) is 1. The highest BCUT2D eigenvalue weighted by atomic mass is 16.5. The first-order valence-electron chi connectivity index (χ1n) is 6.51. The van der Waals surface area contributed by atoms with Crippen LogP contribution in [0, 0.1) is 0 Å². The van der Waals surface area contributed by atoms with Gasteiger partial charge in [0, 0.05) is 12.1 Å². The monoisotopic (exact) mass is 251 g/mol. The average molecular weight is 251 g/mol. The quantitative estimate of drug-likeness (QED) is 0.646. The van der Waals surface area contributed by atoms with Gasteiger partial charge in [-0.1, -0.05) is 12.1 Å². The van der Waals surface area contributed by atoms with Gasteiger partial charge in [0.2, 0.25) is 0 Å². The van der Waals surface area contributed by atoms with Gasteiger partial charge in [0.1, 0.15) is 5.75 Å². The molecule has 0 radical (unpaired) electrons. The lowest BCUT2D eigenvalue weighted by Crippen LogP contribution is -2.35. The summed E-state index contributed by atoms with van der Waals surface area (Å²) in [6, 6.07) is 8.14. The Labute approximate surface area is 108 Å². The number of aliphatic hydroxyl groups is 2. The molecule has 1 unspecified atom stereocenters. The molecule has 1 aromatic carbocycles. The molecule has 4 heteroatoms. The van der Waals surface area contributed by atoms with Crippen molar-refractivity contribution in [2.24, 2.45) is 0 Å². The summed E-state index contributed by atoms with van der Waals surface area (Å²) in [7, 11) is 0. The fraction of sp³-hybridized carbons (Fsp3) is 0.571. The molecule has 1 aliphatic rings. The normalized spacial score (nSPS) is 16.6. The van der Waals surface area contributed by atoms with E-state index in [1.165, 1.54) is 12.8 Å². The Morgan fingerprint density at radius 1 is 1.22 bits per heavy atom. The van der Waals surface area contributed by atoms with Crippen LogP contribution in [0.2, 0.25) is 0 Å². The molecule has 3 N–H and O–H groups in total. The summed E-state index contributed by atoms with van der Waals surface area (Å²) in [5.41, 5.74) is 0.881. The van der Waals surface area contributed by atoms with E-state index in [9.17, 15) is 5.11 Å². The number of rotatable bonds is 8. The molecule has 0 aromatic heterocycles. The summed E-state index contributed by atoms with van der Waals surface area (Å²) in [5.74, 6) is 0.801. The van der Waals surface area contributed by atoms with Crippen LogP contribution in [0.25, 0.3) is 0 Å². The van der Waals surface area contributed by atoms with Crippen LogP contribution in [0.3, 0.4) is 0 Å². The van der Waals surface area contributed by atoms with Gasteiger partial charge in [-0.2, -0.15) is 0 Å². The van der Waals surface area contributed by atoms with Crippen LogP contribution in [0.5, 0.6) is 5.75 Å². The molecule has 0 heterocycles. The molecule has 1 aliphatic carbocycles. The topological polar surface area (TPSA) is 61.7 Å². The Kier molecular flexibility index (Phi) is 4.99. The van der Waals surface area contributed by atoms with Gasteiger partial charge in [-0.15, -0.1) is 0 Å². The molecule has 0 bridgehead atoms. The fourth-order valence-corrected chi connectivity index (χ4v) is 1.82. The third-order valence-corrected chi connectivity index (χ3v) is 3.11. The number of hydrogen-bond acceptors (Lipinski definition) is 4. The van der Waals surface area contributed by atoms with E-state index < -0.39 is 0 Å². The lowest BCUT2D eigenvalue weighted by molar-refractivity contribution is 0.207. The fourth-order valence-electron chi connectivity index (χ4n) is 1.82. The van der Waals surface area contributed by atoms with E-state index in [2.05, 4.69) is 5.32 Å². The largest absolute Gasteiger partial charge is 0.494 e. The molecule has 0 amide bonds. The van der Waals surface area contributed by atoms with Crippen LogP contribution in [0.4, 0.5) is 0 Å². The van der Waals surface area contributed by atoms with Gasteiger partial charge in [0.25, 0.3) is 0 Å². The zero-order chi connectivity index (χ0) is 12.8. The number of hydrogen-bond donors (Lipinski definition) is 3. The van der Waals surface area contributed by atoms with Gasteiger partial charge in [-0.3, -0.25) is 0 Å². The number of aliphatic hydroxyl groups excluding tert-OH is 2. The molecular formula is C14H21NO3. The molecule has 100 valence electrons. The molecule has 0 saturated heterocycles. The van der Waals surface area contributed by atoms with Crippen molar-refractivity contribution in [2.75, 3.05) is 13.2 Å². The zero-order valence-electron chi connectivity index (χ0n) is 10.5. The van der Waals surface area contributed by atoms with Crippen LogP contribution in [0.15, 0.2) is 24.3 Å². The minimum absolute atomic E-state index is 0.0537. The zero-order valence-corrected chi connectivity index (χ0v) is 10.5. The van der Waals surface area contributed by atoms with Crippen molar-refractivity contribution < 1.29 is 14.9 Å². The standard InChI is InChI=1S/C14H21NO3/c16-9-11-1-5-14(6-2-11)18-8-7-13(10-17)15-12-3-4-12/h1-2,5-6,12-13,15-17H,3-4,7-10H2. The van der Waals surface area contributed by atoms with Gasteiger partial charge < -0.3 is 20.3 Å². The Morgan fingerprint density at radius 2 is 1.94 bits per heavy atom. The van der Waals surface area contributed by atoms with Crippen LogP contribution in [0.1, 0.15) is 24.8 Å². The minimum Gasteiger partial charge on any atom is -0.494 e. The lowest BCUT2D eigenvalue weighted by atomic mass is 10.2. The second-order valence-electron chi connectivity index (χ2n) is 4.76. The Bertz CT molecular complexity index is 349. The van der Waals surface area contributed by atoms with Crippen LogP contribution in [-0.4, -0.2) is 35.5 Å². The molecule has 4 nitrogen and oxygen atoms in total. The van der Waals surface area contributed by atoms with Crippen molar-refractivity contribution >= 4 is 0 Å². The highest BCUT2D eigenvalue weighted by molar-refractivity contribution is 5.26. The summed E-state index contributed by atoms with van der Waals surface area (Å²) in [6.45, 7) is 0.797. The molecule has 1 fully saturated rings. The summed E-state index contributed by atoms with van der Waals surface area (Å²) in [5, 5.41) is 21.5. The van der Waals surface area contributed by atoms with E-state index in [1.54, 1.807) is 0 Å². The van der Waals surface area contributed by atoms with Crippen LogP contribution in [-0.2, 0) is 6.61 Å². The highest BCUT2D eigenvalue weighted by Gasteiger charge is 2.23. The predicted octanol–water partition coefficient (Wildman–Crippen LogP) is 1.06. The smallest absolute Gasteiger partial charge is 0.119 e. The summed E-state index contributed by atoms with van der Waals surface area (Å²) in [6.07, 6.45) is 3.24. The molecule has 1 aromatic rings. The summed E-state index contributed by atoms with van der Waals surface area (Å²) >= 11 is 0. The van der Waals surface area contributed by atoms with E-state index in [4.69, 9.17) is 9.84 Å². The van der Waals surface area contributed by atoms with Crippen molar-refractivity contribution in [1.82, 2.24) is 5.32 Å². The van der Waals surface area contributed by atoms with Crippen LogP contribution >= 0.6 is 0 Å². The Morgan fingerprint density at radius 3 is 2.50 bits per heavy atom. The summed E-state index contributed by atoms with van der Waals surface area (Å²) < 4.78 is 5.61. The van der Waals surface area contributed by atoms with E-state index in [0.29, 0.717) is 12.6 Å². The van der Waals surface area contributed by atoms with Gasteiger partial charge in [-0.05, 0) is 37.0 Å². The molecule has 0 spiro atoms. The van der Waals surface area contributed by atoms with Gasteiger partial charge in [0.15, 0.2) is 0 Å². The van der Waals surface area contributed by atoms with Crippen molar-refractivity contribution in [3.05, 3.63) is 29.8 Å². The highest BCUT2D eigenvalue weighted by Crippen LogP contribution is 2.20. The van der Waals surface area contributed by atoms with Gasteiger partial charge in [0.05, 0.1) is 19.8 Å². The Balaban J connectivity index is 1.69. The maximum absolute atomic E-state index is 9.22. The number of benzene rings is 1. The van der Waals surface area contributed by atoms with Gasteiger partial charge in [-0.25, -0.2) is 0 Å². The second-order valence-corrected chi connectivity index (χ2v) is 4.76. The van der Waals surface area contributed by atoms with Crippen molar-refractivity contribution in [1.29, 1.82) is 0 Å². The minimum atomic E-state index is 0.0537. The molecule has 2 rings (SSSR count). The van der Waals surface area contributed by atoms with Crippen molar-refractivity contribution in [2.45, 2.75) is 38.0 Å². The molecule has 1 saturated carbocycles. The maximum Gasteiger partial charge on any atom is 0.119 e. The van der Waals surface area contributed by atoms with Crippen molar-refractivity contribution in [3.8, 4) is 5.75 Å². The average Bonchev–Trinajstić information content (AvgIpc) is 3.22. The second kappa shape index (κ2) is 6.73. The number of nitrogens with one attached hydrogen (secondary N) is 1. The van der Waals surface area contributed by atoms with Crippen LogP contribution < -0.4 is 10.1 Å². The van der Waals surface area contributed by atoms with E-state index in [0.717, 1.165) is 17.7 Å². The first-order chi connectivity index (χ1) is 8.81. The molecule has 0 aliphatic heterocycles. The predicted molar refractivity (Wildman–Crippen MR) is 69.5 cm³/mol. The van der Waals surface area contributed by atoms with E-state index >= 15 is 0 Å². The third-order valence-electron chi connectivity index (χ3n) is 3.11. The summed E-state index contributed by atoms with van der Waals surface area (Å²) in [4.78, 5) is 0. The van der Waals surface area contributed by atoms with Gasteiger partial charge >= 0.3 is 0 Å². The molecular weight excluding hydrogens is 230 g/mol. The lowest BCUT2D eigenvalue weighted by Gasteiger charge is -2.16. The molecule has 18 heavy (non-hydrogen) atoms. The first kappa shape index (κ1) is 13.3. The van der Waals surface area contributed by atoms with Crippen molar-refractivity contribution in [3.63, 3.8) is 0 Å². The third kappa shape index (κ3) is 4.29. The maximum atomic E-state index is 9.22.